The molecule has 0 saturated heterocycles. The topological polar surface area (TPSA) is 69.6 Å². The largest absolute Gasteiger partial charge is 0.481 e. The molecule has 1 aromatic carbocycles. The zero-order valence-corrected chi connectivity index (χ0v) is 9.11. The van der Waals surface area contributed by atoms with Crippen LogP contribution in [-0.2, 0) is 9.59 Å². The summed E-state index contributed by atoms with van der Waals surface area (Å²) in [6.07, 6.45) is -0.321. The second-order valence-electron chi connectivity index (χ2n) is 3.88. The SMILES string of the molecule is CN1c2cc(F)ccc2NC(=O)C1CC(=O)O. The normalized spacial score (nSPS) is 18.6. The smallest absolute Gasteiger partial charge is 0.305 e. The molecule has 1 unspecified atom stereocenters. The molecular weight excluding hydrogens is 227 g/mol. The number of aliphatic carboxylic acids is 1. The van der Waals surface area contributed by atoms with Crippen molar-refractivity contribution in [3.05, 3.63) is 24.0 Å². The zero-order valence-electron chi connectivity index (χ0n) is 9.11. The summed E-state index contributed by atoms with van der Waals surface area (Å²) >= 11 is 0. The number of benzene rings is 1. The Morgan fingerprint density at radius 1 is 1.59 bits per heavy atom. The predicted molar refractivity (Wildman–Crippen MR) is 59.5 cm³/mol. The summed E-state index contributed by atoms with van der Waals surface area (Å²) < 4.78 is 13.1. The summed E-state index contributed by atoms with van der Waals surface area (Å²) in [5, 5.41) is 11.3. The summed E-state index contributed by atoms with van der Waals surface area (Å²) in [5.41, 5.74) is 0.969. The van der Waals surface area contributed by atoms with Crippen molar-refractivity contribution in [2.24, 2.45) is 0 Å². The van der Waals surface area contributed by atoms with Crippen molar-refractivity contribution >= 4 is 23.3 Å². The zero-order chi connectivity index (χ0) is 12.6. The summed E-state index contributed by atoms with van der Waals surface area (Å²) in [6.45, 7) is 0. The van der Waals surface area contributed by atoms with E-state index in [2.05, 4.69) is 5.32 Å². The number of anilines is 2. The Balaban J connectivity index is 2.38. The van der Waals surface area contributed by atoms with Gasteiger partial charge in [-0.25, -0.2) is 4.39 Å². The molecule has 0 saturated carbocycles. The van der Waals surface area contributed by atoms with Crippen LogP contribution in [0.15, 0.2) is 18.2 Å². The number of likely N-dealkylation sites (N-methyl/N-ethyl adjacent to an activating group) is 1. The van der Waals surface area contributed by atoms with Gasteiger partial charge in [-0.2, -0.15) is 0 Å². The minimum atomic E-state index is -1.07. The van der Waals surface area contributed by atoms with Crippen LogP contribution >= 0.6 is 0 Å². The Hall–Kier alpha value is -2.11. The third kappa shape index (κ3) is 2.06. The van der Waals surface area contributed by atoms with Crippen LogP contribution in [0.1, 0.15) is 6.42 Å². The van der Waals surface area contributed by atoms with Crippen molar-refractivity contribution in [1.29, 1.82) is 0 Å². The van der Waals surface area contributed by atoms with Crippen molar-refractivity contribution in [3.8, 4) is 0 Å². The monoisotopic (exact) mass is 238 g/mol. The molecule has 0 bridgehead atoms. The molecule has 0 spiro atoms. The molecule has 1 aromatic rings. The van der Waals surface area contributed by atoms with Crippen LogP contribution in [0.25, 0.3) is 0 Å². The van der Waals surface area contributed by atoms with Gasteiger partial charge in [0.15, 0.2) is 0 Å². The van der Waals surface area contributed by atoms with E-state index in [1.807, 2.05) is 0 Å². The van der Waals surface area contributed by atoms with Crippen molar-refractivity contribution in [1.82, 2.24) is 0 Å². The maximum atomic E-state index is 13.1. The molecule has 0 fully saturated rings. The number of hydrogen-bond acceptors (Lipinski definition) is 3. The third-order valence-electron chi connectivity index (χ3n) is 2.74. The van der Waals surface area contributed by atoms with E-state index >= 15 is 0 Å². The summed E-state index contributed by atoms with van der Waals surface area (Å²) in [6, 6.07) is 3.14. The molecule has 2 rings (SSSR count). The van der Waals surface area contributed by atoms with Crippen molar-refractivity contribution in [2.45, 2.75) is 12.5 Å². The van der Waals surface area contributed by atoms with Gasteiger partial charge in [0, 0.05) is 7.05 Å². The molecule has 0 aromatic heterocycles. The van der Waals surface area contributed by atoms with Gasteiger partial charge in [0.2, 0.25) is 5.91 Å². The molecule has 0 aliphatic carbocycles. The molecule has 17 heavy (non-hydrogen) atoms. The third-order valence-corrected chi connectivity index (χ3v) is 2.74. The molecule has 6 heteroatoms. The lowest BCUT2D eigenvalue weighted by Crippen LogP contribution is -2.47. The van der Waals surface area contributed by atoms with Crippen LogP contribution in [-0.4, -0.2) is 30.1 Å². The Morgan fingerprint density at radius 3 is 2.94 bits per heavy atom. The van der Waals surface area contributed by atoms with E-state index in [9.17, 15) is 14.0 Å². The van der Waals surface area contributed by atoms with Crippen LogP contribution in [0, 0.1) is 5.82 Å². The summed E-state index contributed by atoms with van der Waals surface area (Å²) in [7, 11) is 1.57. The molecular formula is C11H11FN2O3. The molecule has 1 aliphatic rings. The van der Waals surface area contributed by atoms with E-state index in [-0.39, 0.29) is 6.42 Å². The number of nitrogens with zero attached hydrogens (tertiary/aromatic N) is 1. The lowest BCUT2D eigenvalue weighted by Gasteiger charge is -2.34. The van der Waals surface area contributed by atoms with Gasteiger partial charge >= 0.3 is 5.97 Å². The number of carboxylic acid groups (broad SMARTS) is 1. The fourth-order valence-electron chi connectivity index (χ4n) is 1.86. The number of rotatable bonds is 2. The number of carbonyl (C=O) groups excluding carboxylic acids is 1. The standard InChI is InChI=1S/C11H11FN2O3/c1-14-8-4-6(12)2-3-7(8)13-11(17)9(14)5-10(15)16/h2-4,9H,5H2,1H3,(H,13,17)(H,15,16). The first-order valence-corrected chi connectivity index (χ1v) is 5.04. The van der Waals surface area contributed by atoms with Gasteiger partial charge in [0.25, 0.3) is 0 Å². The molecule has 5 nitrogen and oxygen atoms in total. The number of hydrogen-bond donors (Lipinski definition) is 2. The van der Waals surface area contributed by atoms with Gasteiger partial charge in [-0.15, -0.1) is 0 Å². The first kappa shape index (κ1) is 11.4. The number of halogens is 1. The van der Waals surface area contributed by atoms with Gasteiger partial charge in [-0.1, -0.05) is 0 Å². The minimum absolute atomic E-state index is 0.321. The average molecular weight is 238 g/mol. The van der Waals surface area contributed by atoms with Crippen LogP contribution < -0.4 is 10.2 Å². The highest BCUT2D eigenvalue weighted by atomic mass is 19.1. The fourth-order valence-corrected chi connectivity index (χ4v) is 1.86. The van der Waals surface area contributed by atoms with Gasteiger partial charge < -0.3 is 15.3 Å². The maximum Gasteiger partial charge on any atom is 0.305 e. The number of amides is 1. The lowest BCUT2D eigenvalue weighted by molar-refractivity contribution is -0.138. The van der Waals surface area contributed by atoms with Crippen LogP contribution in [0.4, 0.5) is 15.8 Å². The molecule has 1 aliphatic heterocycles. The van der Waals surface area contributed by atoms with E-state index < -0.39 is 23.7 Å². The minimum Gasteiger partial charge on any atom is -0.481 e. The highest BCUT2D eigenvalue weighted by Gasteiger charge is 2.32. The Labute approximate surface area is 96.8 Å². The van der Waals surface area contributed by atoms with Crippen LogP contribution in [0.2, 0.25) is 0 Å². The van der Waals surface area contributed by atoms with E-state index in [0.29, 0.717) is 11.4 Å². The first-order chi connectivity index (χ1) is 7.99. The number of nitrogens with one attached hydrogen (secondary N) is 1. The Morgan fingerprint density at radius 2 is 2.29 bits per heavy atom. The van der Waals surface area contributed by atoms with Gasteiger partial charge in [0.1, 0.15) is 11.9 Å². The summed E-state index contributed by atoms with van der Waals surface area (Å²) in [4.78, 5) is 23.8. The second-order valence-corrected chi connectivity index (χ2v) is 3.88. The molecule has 2 N–H and O–H groups in total. The fraction of sp³-hybridized carbons (Fsp3) is 0.273. The predicted octanol–water partition coefficient (Wildman–Crippen LogP) is 1.06. The first-order valence-electron chi connectivity index (χ1n) is 5.04. The van der Waals surface area contributed by atoms with Crippen LogP contribution in [0.5, 0.6) is 0 Å². The van der Waals surface area contributed by atoms with E-state index in [0.717, 1.165) is 0 Å². The number of carbonyl (C=O) groups is 2. The molecule has 90 valence electrons. The van der Waals surface area contributed by atoms with Gasteiger partial charge in [0.05, 0.1) is 17.8 Å². The van der Waals surface area contributed by atoms with Gasteiger partial charge in [-0.05, 0) is 18.2 Å². The molecule has 1 amide bonds. The summed E-state index contributed by atoms with van der Waals surface area (Å²) in [5.74, 6) is -1.90. The second kappa shape index (κ2) is 4.04. The maximum absolute atomic E-state index is 13.1. The molecule has 1 heterocycles. The van der Waals surface area contributed by atoms with Crippen LogP contribution in [0.3, 0.4) is 0 Å². The van der Waals surface area contributed by atoms with Gasteiger partial charge in [-0.3, -0.25) is 9.59 Å². The highest BCUT2D eigenvalue weighted by molar-refractivity contribution is 6.04. The van der Waals surface area contributed by atoms with Crippen molar-refractivity contribution in [3.63, 3.8) is 0 Å². The van der Waals surface area contributed by atoms with Crippen molar-refractivity contribution < 1.29 is 19.1 Å². The van der Waals surface area contributed by atoms with E-state index in [4.69, 9.17) is 5.11 Å². The van der Waals surface area contributed by atoms with E-state index in [1.165, 1.54) is 23.1 Å². The quantitative estimate of drug-likeness (QED) is 0.808. The average Bonchev–Trinajstić information content (AvgIpc) is 2.25. The molecule has 0 radical (unpaired) electrons. The van der Waals surface area contributed by atoms with Crippen molar-refractivity contribution in [2.75, 3.05) is 17.3 Å². The highest BCUT2D eigenvalue weighted by Crippen LogP contribution is 2.32. The number of carboxylic acids is 1. The molecule has 1 atom stereocenters. The lowest BCUT2D eigenvalue weighted by atomic mass is 10.1. The Bertz CT molecular complexity index is 490. The Kier molecular flexibility index (Phi) is 2.71. The number of fused-ring (bicyclic) bond motifs is 1. The van der Waals surface area contributed by atoms with E-state index in [1.54, 1.807) is 7.05 Å².